The van der Waals surface area contributed by atoms with E-state index >= 15 is 0 Å². The molecule has 1 unspecified atom stereocenters. The number of aliphatic hydroxyl groups excluding tert-OH is 1. The minimum absolute atomic E-state index is 0.0345. The van der Waals surface area contributed by atoms with Gasteiger partial charge in [0, 0.05) is 42.3 Å². The molecule has 0 saturated carbocycles. The molecule has 2 aromatic carbocycles. The summed E-state index contributed by atoms with van der Waals surface area (Å²) in [5.41, 5.74) is 1.69. The number of likely N-dealkylation sites (tertiary alicyclic amines) is 1. The largest absolute Gasteiger partial charge is 0.387 e. The summed E-state index contributed by atoms with van der Waals surface area (Å²) in [6, 6.07) is 18.9. The molecule has 2 N–H and O–H groups in total. The summed E-state index contributed by atoms with van der Waals surface area (Å²) in [7, 11) is 1.86. The number of nitrogens with zero attached hydrogens (tertiary/aromatic N) is 2. The summed E-state index contributed by atoms with van der Waals surface area (Å²) in [4.78, 5) is 30.3. The summed E-state index contributed by atoms with van der Waals surface area (Å²) in [5.74, 6) is -0.397. The van der Waals surface area contributed by atoms with Crippen molar-refractivity contribution in [2.75, 3.05) is 6.54 Å². The van der Waals surface area contributed by atoms with Gasteiger partial charge in [-0.1, -0.05) is 54.1 Å². The van der Waals surface area contributed by atoms with Crippen LogP contribution < -0.4 is 10.7 Å². The van der Waals surface area contributed by atoms with Crippen molar-refractivity contribution in [3.8, 4) is 0 Å². The first-order valence-electron chi connectivity index (χ1n) is 12.0. The van der Waals surface area contributed by atoms with Gasteiger partial charge in [-0.05, 0) is 48.7 Å². The lowest BCUT2D eigenvalue weighted by atomic mass is 10.0. The topological polar surface area (TPSA) is 74.6 Å². The molecule has 4 aromatic rings. The fraction of sp³-hybridized carbons (Fsp3) is 0.286. The number of benzene rings is 2. The molecule has 1 aliphatic rings. The van der Waals surface area contributed by atoms with Crippen LogP contribution >= 0.6 is 22.9 Å². The molecular formula is C28H28ClN3O3S. The van der Waals surface area contributed by atoms with Crippen molar-refractivity contribution in [1.82, 2.24) is 14.8 Å². The molecular weight excluding hydrogens is 494 g/mol. The van der Waals surface area contributed by atoms with Crippen LogP contribution in [0.3, 0.4) is 0 Å². The van der Waals surface area contributed by atoms with Crippen molar-refractivity contribution >= 4 is 39.1 Å². The third-order valence-corrected chi connectivity index (χ3v) is 8.25. The first-order chi connectivity index (χ1) is 17.4. The van der Waals surface area contributed by atoms with Gasteiger partial charge in [0.2, 0.25) is 5.43 Å². The summed E-state index contributed by atoms with van der Waals surface area (Å²) in [6.45, 7) is 1.87. The molecule has 0 bridgehead atoms. The minimum Gasteiger partial charge on any atom is -0.387 e. The number of amides is 1. The maximum absolute atomic E-state index is 13.2. The number of carbonyl (C=O) groups is 1. The molecule has 3 heterocycles. The van der Waals surface area contributed by atoms with Gasteiger partial charge in [-0.25, -0.2) is 0 Å². The number of halogens is 1. The van der Waals surface area contributed by atoms with Crippen molar-refractivity contribution in [2.45, 2.75) is 38.1 Å². The monoisotopic (exact) mass is 521 g/mol. The lowest BCUT2D eigenvalue weighted by Gasteiger charge is -2.28. The van der Waals surface area contributed by atoms with E-state index in [2.05, 4.69) is 10.2 Å². The Morgan fingerprint density at radius 1 is 1.19 bits per heavy atom. The van der Waals surface area contributed by atoms with Crippen LogP contribution in [0.15, 0.2) is 71.7 Å². The van der Waals surface area contributed by atoms with Crippen LogP contribution in [-0.4, -0.2) is 33.1 Å². The Hall–Kier alpha value is -2.97. The van der Waals surface area contributed by atoms with Crippen molar-refractivity contribution in [2.24, 2.45) is 7.05 Å². The molecule has 2 atom stereocenters. The van der Waals surface area contributed by atoms with Crippen LogP contribution in [0.4, 0.5) is 0 Å². The number of carbonyl (C=O) groups excluding carboxylic acids is 1. The summed E-state index contributed by atoms with van der Waals surface area (Å²) < 4.78 is 1.85. The molecule has 2 aromatic heterocycles. The van der Waals surface area contributed by atoms with E-state index in [1.807, 2.05) is 60.1 Å². The quantitative estimate of drug-likeness (QED) is 0.363. The maximum atomic E-state index is 13.2. The van der Waals surface area contributed by atoms with Gasteiger partial charge in [0.1, 0.15) is 10.4 Å². The molecule has 1 amide bonds. The highest BCUT2D eigenvalue weighted by Crippen LogP contribution is 2.33. The van der Waals surface area contributed by atoms with E-state index in [0.717, 1.165) is 40.2 Å². The SMILES string of the molecule is Cn1cc(C(=O)NCc2ccc(Cl)cc2)c(=O)c2cc(CN3CCC[C@@H]3C(O)c3ccccc3)sc21. The van der Waals surface area contributed by atoms with Crippen LogP contribution in [0.2, 0.25) is 5.02 Å². The van der Waals surface area contributed by atoms with E-state index in [-0.39, 0.29) is 17.0 Å². The Kier molecular flexibility index (Phi) is 7.25. The van der Waals surface area contributed by atoms with Crippen molar-refractivity contribution in [3.63, 3.8) is 0 Å². The van der Waals surface area contributed by atoms with Crippen molar-refractivity contribution in [1.29, 1.82) is 0 Å². The van der Waals surface area contributed by atoms with Gasteiger partial charge < -0.3 is 15.0 Å². The molecule has 5 rings (SSSR count). The number of aryl methyl sites for hydroxylation is 1. The summed E-state index contributed by atoms with van der Waals surface area (Å²) in [5, 5.41) is 15.0. The van der Waals surface area contributed by atoms with Crippen LogP contribution in [0.5, 0.6) is 0 Å². The number of nitrogens with one attached hydrogen (secondary N) is 1. The number of rotatable bonds is 7. The predicted octanol–water partition coefficient (Wildman–Crippen LogP) is 4.88. The molecule has 36 heavy (non-hydrogen) atoms. The molecule has 1 fully saturated rings. The molecule has 0 spiro atoms. The second-order valence-corrected chi connectivity index (χ2v) is 10.8. The number of pyridine rings is 1. The fourth-order valence-corrected chi connectivity index (χ4v) is 6.15. The zero-order valence-electron chi connectivity index (χ0n) is 20.0. The Morgan fingerprint density at radius 2 is 1.94 bits per heavy atom. The maximum Gasteiger partial charge on any atom is 0.257 e. The summed E-state index contributed by atoms with van der Waals surface area (Å²) in [6.07, 6.45) is 3.02. The molecule has 0 radical (unpaired) electrons. The van der Waals surface area contributed by atoms with Crippen molar-refractivity contribution in [3.05, 3.63) is 104 Å². The van der Waals surface area contributed by atoms with Gasteiger partial charge in [0.15, 0.2) is 0 Å². The number of hydrogen-bond acceptors (Lipinski definition) is 5. The first kappa shape index (κ1) is 24.7. The van der Waals surface area contributed by atoms with Gasteiger partial charge in [-0.3, -0.25) is 14.5 Å². The van der Waals surface area contributed by atoms with Crippen LogP contribution in [-0.2, 0) is 20.1 Å². The van der Waals surface area contributed by atoms with E-state index in [9.17, 15) is 14.7 Å². The smallest absolute Gasteiger partial charge is 0.257 e. The molecule has 1 aliphatic heterocycles. The normalized spacial score (nSPS) is 16.9. The Balaban J connectivity index is 1.34. The van der Waals surface area contributed by atoms with Gasteiger partial charge in [0.05, 0.1) is 11.5 Å². The molecule has 1 saturated heterocycles. The molecule has 8 heteroatoms. The van der Waals surface area contributed by atoms with E-state index < -0.39 is 12.0 Å². The second kappa shape index (κ2) is 10.6. The van der Waals surface area contributed by atoms with Gasteiger partial charge in [0.25, 0.3) is 5.91 Å². The predicted molar refractivity (Wildman–Crippen MR) is 145 cm³/mol. The first-order valence-corrected chi connectivity index (χ1v) is 13.2. The number of aromatic nitrogens is 1. The lowest BCUT2D eigenvalue weighted by molar-refractivity contribution is 0.0693. The van der Waals surface area contributed by atoms with Crippen LogP contribution in [0.1, 0.15) is 45.3 Å². The van der Waals surface area contributed by atoms with Crippen LogP contribution in [0.25, 0.3) is 10.2 Å². The zero-order chi connectivity index (χ0) is 25.2. The highest BCUT2D eigenvalue weighted by atomic mass is 35.5. The minimum atomic E-state index is -0.551. The van der Waals surface area contributed by atoms with Gasteiger partial charge in [-0.15, -0.1) is 11.3 Å². The number of hydrogen-bond donors (Lipinski definition) is 2. The van der Waals surface area contributed by atoms with Gasteiger partial charge in [-0.2, -0.15) is 0 Å². The highest BCUT2D eigenvalue weighted by Gasteiger charge is 2.32. The fourth-order valence-electron chi connectivity index (χ4n) is 4.91. The van der Waals surface area contributed by atoms with E-state index in [4.69, 9.17) is 11.6 Å². The third kappa shape index (κ3) is 5.11. The molecule has 6 nitrogen and oxygen atoms in total. The van der Waals surface area contributed by atoms with E-state index in [1.54, 1.807) is 29.7 Å². The zero-order valence-corrected chi connectivity index (χ0v) is 21.6. The average molecular weight is 522 g/mol. The van der Waals surface area contributed by atoms with Gasteiger partial charge >= 0.3 is 0 Å². The van der Waals surface area contributed by atoms with Crippen LogP contribution in [0, 0.1) is 0 Å². The number of thiophene rings is 1. The standard InChI is InChI=1S/C28H28ClN3O3S/c1-31-17-23(27(35)30-15-18-9-11-20(29)12-10-18)26(34)22-14-21(36-28(22)31)16-32-13-5-8-24(32)25(33)19-6-3-2-4-7-19/h2-4,6-7,9-12,14,17,24-25,33H,5,8,13,15-16H2,1H3,(H,30,35)/t24-,25?/m1/s1. The lowest BCUT2D eigenvalue weighted by Crippen LogP contribution is -2.33. The Morgan fingerprint density at radius 3 is 2.69 bits per heavy atom. The second-order valence-electron chi connectivity index (χ2n) is 9.26. The average Bonchev–Trinajstić information content (AvgIpc) is 3.54. The molecule has 186 valence electrons. The number of aliphatic hydroxyl groups is 1. The van der Waals surface area contributed by atoms with Crippen molar-refractivity contribution < 1.29 is 9.90 Å². The third-order valence-electron chi connectivity index (χ3n) is 6.79. The Labute approximate surface area is 218 Å². The Bertz CT molecular complexity index is 1430. The van der Waals surface area contributed by atoms with E-state index in [1.165, 1.54) is 0 Å². The molecule has 0 aliphatic carbocycles. The van der Waals surface area contributed by atoms with E-state index in [0.29, 0.717) is 23.5 Å². The number of fused-ring (bicyclic) bond motifs is 1. The highest BCUT2D eigenvalue weighted by molar-refractivity contribution is 7.18. The summed E-state index contributed by atoms with van der Waals surface area (Å²) >= 11 is 7.49.